The molecule has 0 saturated carbocycles. The molecule has 0 aromatic heterocycles. The van der Waals surface area contributed by atoms with Crippen LogP contribution in [0.25, 0.3) is 6.08 Å². The Morgan fingerprint density at radius 2 is 1.96 bits per heavy atom. The van der Waals surface area contributed by atoms with E-state index >= 15 is 0 Å². The standard InChI is InChI=1S/C18H16ClNO4/c1-12(21)20-17(18(22)23)10-13-4-3-7-16(9-13)24-11-14-5-2-6-15(19)8-14/h2-10H,11H2,1H3,(H,20,21)(H,22,23). The van der Waals surface area contributed by atoms with Crippen LogP contribution in [-0.2, 0) is 16.2 Å². The van der Waals surface area contributed by atoms with E-state index in [2.05, 4.69) is 5.32 Å². The average Bonchev–Trinajstić information content (AvgIpc) is 2.52. The van der Waals surface area contributed by atoms with Crippen LogP contribution in [0.2, 0.25) is 5.02 Å². The maximum absolute atomic E-state index is 11.1. The number of carbonyl (C=O) groups excluding carboxylic acids is 1. The molecule has 0 fully saturated rings. The zero-order valence-corrected chi connectivity index (χ0v) is 13.7. The van der Waals surface area contributed by atoms with Gasteiger partial charge in [-0.05, 0) is 41.5 Å². The van der Waals surface area contributed by atoms with E-state index in [-0.39, 0.29) is 5.70 Å². The number of aliphatic carboxylic acids is 1. The van der Waals surface area contributed by atoms with Gasteiger partial charge in [0.25, 0.3) is 0 Å². The molecule has 0 unspecified atom stereocenters. The highest BCUT2D eigenvalue weighted by Crippen LogP contribution is 2.18. The summed E-state index contributed by atoms with van der Waals surface area (Å²) in [4.78, 5) is 22.2. The van der Waals surface area contributed by atoms with Gasteiger partial charge in [-0.3, -0.25) is 4.79 Å². The Morgan fingerprint density at radius 1 is 1.21 bits per heavy atom. The van der Waals surface area contributed by atoms with Crippen molar-refractivity contribution < 1.29 is 19.4 Å². The minimum Gasteiger partial charge on any atom is -0.489 e. The third-order valence-electron chi connectivity index (χ3n) is 3.00. The third kappa shape index (κ3) is 5.44. The fourth-order valence-corrected chi connectivity index (χ4v) is 2.21. The van der Waals surface area contributed by atoms with Crippen LogP contribution in [0, 0.1) is 0 Å². The summed E-state index contributed by atoms with van der Waals surface area (Å²) in [6.07, 6.45) is 1.37. The maximum Gasteiger partial charge on any atom is 0.352 e. The van der Waals surface area contributed by atoms with Crippen LogP contribution < -0.4 is 10.1 Å². The topological polar surface area (TPSA) is 75.6 Å². The number of carboxylic acids is 1. The van der Waals surface area contributed by atoms with Crippen LogP contribution >= 0.6 is 11.6 Å². The predicted molar refractivity (Wildman–Crippen MR) is 91.7 cm³/mol. The van der Waals surface area contributed by atoms with Gasteiger partial charge >= 0.3 is 5.97 Å². The Bertz CT molecular complexity index is 786. The molecule has 0 aliphatic rings. The molecule has 0 radical (unpaired) electrons. The highest BCUT2D eigenvalue weighted by atomic mass is 35.5. The minimum atomic E-state index is -1.21. The smallest absolute Gasteiger partial charge is 0.352 e. The number of nitrogens with one attached hydrogen (secondary N) is 1. The molecule has 2 aromatic rings. The number of carboxylic acid groups (broad SMARTS) is 1. The third-order valence-corrected chi connectivity index (χ3v) is 3.24. The van der Waals surface area contributed by atoms with Crippen molar-refractivity contribution >= 4 is 29.6 Å². The van der Waals surface area contributed by atoms with E-state index in [1.165, 1.54) is 13.0 Å². The highest BCUT2D eigenvalue weighted by Gasteiger charge is 2.09. The predicted octanol–water partition coefficient (Wildman–Crippen LogP) is 3.48. The number of hydrogen-bond donors (Lipinski definition) is 2. The zero-order chi connectivity index (χ0) is 17.5. The lowest BCUT2D eigenvalue weighted by atomic mass is 10.1. The summed E-state index contributed by atoms with van der Waals surface area (Å²) in [5.74, 6) is -1.08. The van der Waals surface area contributed by atoms with Gasteiger partial charge < -0.3 is 15.2 Å². The van der Waals surface area contributed by atoms with E-state index in [1.54, 1.807) is 30.3 Å². The Morgan fingerprint density at radius 3 is 2.62 bits per heavy atom. The molecular weight excluding hydrogens is 330 g/mol. The van der Waals surface area contributed by atoms with Crippen LogP contribution in [0.15, 0.2) is 54.2 Å². The second-order valence-electron chi connectivity index (χ2n) is 5.04. The van der Waals surface area contributed by atoms with Gasteiger partial charge in [0, 0.05) is 11.9 Å². The number of carbonyl (C=O) groups is 2. The van der Waals surface area contributed by atoms with E-state index in [0.29, 0.717) is 22.9 Å². The maximum atomic E-state index is 11.1. The molecular formula is C18H16ClNO4. The molecule has 2 aromatic carbocycles. The van der Waals surface area contributed by atoms with Crippen molar-refractivity contribution in [3.63, 3.8) is 0 Å². The van der Waals surface area contributed by atoms with Crippen molar-refractivity contribution in [3.05, 3.63) is 70.4 Å². The summed E-state index contributed by atoms with van der Waals surface area (Å²) in [6.45, 7) is 1.59. The Hall–Kier alpha value is -2.79. The molecule has 0 bridgehead atoms. The van der Waals surface area contributed by atoms with Crippen LogP contribution in [-0.4, -0.2) is 17.0 Å². The quantitative estimate of drug-likeness (QED) is 0.786. The molecule has 24 heavy (non-hydrogen) atoms. The minimum absolute atomic E-state index is 0.200. The van der Waals surface area contributed by atoms with Gasteiger partial charge in [0.1, 0.15) is 18.1 Å². The number of amides is 1. The van der Waals surface area contributed by atoms with Crippen LogP contribution in [0.3, 0.4) is 0 Å². The van der Waals surface area contributed by atoms with Gasteiger partial charge in [-0.15, -0.1) is 0 Å². The van der Waals surface area contributed by atoms with E-state index < -0.39 is 11.9 Å². The van der Waals surface area contributed by atoms with Crippen molar-refractivity contribution in [2.45, 2.75) is 13.5 Å². The normalized spacial score (nSPS) is 11.0. The molecule has 0 aliphatic carbocycles. The van der Waals surface area contributed by atoms with E-state index in [0.717, 1.165) is 5.56 Å². The van der Waals surface area contributed by atoms with Gasteiger partial charge in [0.15, 0.2) is 0 Å². The molecule has 2 rings (SSSR count). The summed E-state index contributed by atoms with van der Waals surface area (Å²) < 4.78 is 5.69. The Labute approximate surface area is 144 Å². The number of rotatable bonds is 6. The first-order chi connectivity index (χ1) is 11.4. The fraction of sp³-hybridized carbons (Fsp3) is 0.111. The summed E-state index contributed by atoms with van der Waals surface area (Å²) in [5, 5.41) is 12.0. The van der Waals surface area contributed by atoms with E-state index in [4.69, 9.17) is 21.4 Å². The molecule has 6 heteroatoms. The van der Waals surface area contributed by atoms with Crippen LogP contribution in [0.4, 0.5) is 0 Å². The van der Waals surface area contributed by atoms with Crippen molar-refractivity contribution in [2.24, 2.45) is 0 Å². The first-order valence-corrected chi connectivity index (χ1v) is 7.52. The molecule has 0 saturated heterocycles. The number of halogens is 1. The second kappa shape index (κ2) is 8.17. The first kappa shape index (κ1) is 17.6. The van der Waals surface area contributed by atoms with Gasteiger partial charge in [0.05, 0.1) is 0 Å². The van der Waals surface area contributed by atoms with Gasteiger partial charge in [-0.1, -0.05) is 35.9 Å². The van der Waals surface area contributed by atoms with Gasteiger partial charge in [-0.2, -0.15) is 0 Å². The zero-order valence-electron chi connectivity index (χ0n) is 13.0. The van der Waals surface area contributed by atoms with Gasteiger partial charge in [-0.25, -0.2) is 4.79 Å². The SMILES string of the molecule is CC(=O)NC(=Cc1cccc(OCc2cccc(Cl)c2)c1)C(=O)O. The highest BCUT2D eigenvalue weighted by molar-refractivity contribution is 6.30. The van der Waals surface area contributed by atoms with Crippen LogP contribution in [0.5, 0.6) is 5.75 Å². The van der Waals surface area contributed by atoms with E-state index in [9.17, 15) is 9.59 Å². The van der Waals surface area contributed by atoms with Crippen molar-refractivity contribution in [1.29, 1.82) is 0 Å². The monoisotopic (exact) mass is 345 g/mol. The Balaban J connectivity index is 2.13. The number of hydrogen-bond acceptors (Lipinski definition) is 3. The molecule has 2 N–H and O–H groups in total. The molecule has 0 heterocycles. The molecule has 1 amide bonds. The summed E-state index contributed by atoms with van der Waals surface area (Å²) in [7, 11) is 0. The van der Waals surface area contributed by atoms with Crippen molar-refractivity contribution in [3.8, 4) is 5.75 Å². The van der Waals surface area contributed by atoms with Crippen molar-refractivity contribution in [2.75, 3.05) is 0 Å². The number of ether oxygens (including phenoxy) is 1. The lowest BCUT2D eigenvalue weighted by Gasteiger charge is -2.08. The largest absolute Gasteiger partial charge is 0.489 e. The summed E-state index contributed by atoms with van der Waals surface area (Å²) >= 11 is 5.93. The molecule has 0 atom stereocenters. The number of benzene rings is 2. The van der Waals surface area contributed by atoms with E-state index in [1.807, 2.05) is 18.2 Å². The van der Waals surface area contributed by atoms with Gasteiger partial charge in [0.2, 0.25) is 5.91 Å². The Kier molecular flexibility index (Phi) is 5.98. The second-order valence-corrected chi connectivity index (χ2v) is 5.47. The lowest BCUT2D eigenvalue weighted by molar-refractivity contribution is -0.134. The lowest BCUT2D eigenvalue weighted by Crippen LogP contribution is -2.24. The molecule has 0 spiro atoms. The molecule has 124 valence electrons. The average molecular weight is 346 g/mol. The molecule has 0 aliphatic heterocycles. The van der Waals surface area contributed by atoms with Crippen molar-refractivity contribution in [1.82, 2.24) is 5.32 Å². The summed E-state index contributed by atoms with van der Waals surface area (Å²) in [6, 6.07) is 14.2. The fourth-order valence-electron chi connectivity index (χ4n) is 2.00. The molecule has 5 nitrogen and oxygen atoms in total. The summed E-state index contributed by atoms with van der Waals surface area (Å²) in [5.41, 5.74) is 1.33. The van der Waals surface area contributed by atoms with Crippen LogP contribution in [0.1, 0.15) is 18.1 Å². The first-order valence-electron chi connectivity index (χ1n) is 7.14.